The minimum Gasteiger partial charge on any atom is -0.394 e. The number of aliphatic hydroxyl groups is 3. The van der Waals surface area contributed by atoms with E-state index in [2.05, 4.69) is 29.9 Å². The summed E-state index contributed by atoms with van der Waals surface area (Å²) < 4.78 is 54.3. The maximum Gasteiger partial charge on any atom is 0.353 e. The molecule has 11 N–H and O–H groups in total. The molecular weight excluding hydrogens is 690 g/mol. The lowest BCUT2D eigenvalue weighted by Crippen LogP contribution is -2.37. The number of nitrogens with two attached hydrogens (primary N) is 2. The summed E-state index contributed by atoms with van der Waals surface area (Å²) in [5, 5.41) is 31.8. The van der Waals surface area contributed by atoms with Gasteiger partial charge in [0.1, 0.15) is 49.3 Å². The third-order valence-electron chi connectivity index (χ3n) is 7.52. The topological polar surface area (TPSA) is 361 Å². The van der Waals surface area contributed by atoms with Crippen LogP contribution in [0.25, 0.3) is 22.3 Å². The standard InChI is InChI=1S/C22H30N10O14P2/c23-21-27-15-9(17(36)29-21)25-3-31(15)19-12(35)13(7(1-33)45-19)43-6-48(40,41)44-2-8-11(34)14(42-5-47(38)39)20(46-8)32-4-26-10-16(32)28-22(24)30-18(10)37/h3-4,7-8,11-14,19-20,33-35,47H,1-2,5-6H2,(H,38,39)(H,40,41)(H3,23,27,29,36)(H3,24,28,30,37)/t7-,8-,11?,12+,13?,14?,19-,20-/m1/s1. The van der Waals surface area contributed by atoms with E-state index < -0.39 is 102 Å². The number of H-pyrrole nitrogens is 2. The number of hydrogen-bond acceptors (Lipinski definition) is 18. The van der Waals surface area contributed by atoms with Gasteiger partial charge in [0.2, 0.25) is 19.9 Å². The van der Waals surface area contributed by atoms with Crippen LogP contribution in [0.15, 0.2) is 22.2 Å². The molecule has 4 aromatic heterocycles. The molecule has 6 rings (SSSR count). The van der Waals surface area contributed by atoms with Gasteiger partial charge in [-0.2, -0.15) is 9.97 Å². The number of nitrogen functional groups attached to an aromatic ring is 2. The number of aromatic nitrogens is 8. The van der Waals surface area contributed by atoms with Crippen LogP contribution >= 0.6 is 15.6 Å². The van der Waals surface area contributed by atoms with Crippen molar-refractivity contribution in [1.82, 2.24) is 39.0 Å². The van der Waals surface area contributed by atoms with Gasteiger partial charge in [0, 0.05) is 0 Å². The Bertz CT molecular complexity index is 2000. The molecular formula is C22H30N10O14P2. The summed E-state index contributed by atoms with van der Waals surface area (Å²) in [5.41, 5.74) is 9.61. The SMILES string of the molecule is Nc1nc2c(ncn2[C@@H]2O[C@H](COP(=O)(O)COC3[C@@H](CO)O[C@@H](n4cnc5c(=O)[nH]c(N)nc54)[C@H]3O)C(O)C2OC[PH](=O)O)c(=O)[nH]1. The second-order valence-corrected chi connectivity index (χ2v) is 13.6. The second-order valence-electron chi connectivity index (χ2n) is 10.7. The predicted octanol–water partition coefficient (Wildman–Crippen LogP) is -3.72. The van der Waals surface area contributed by atoms with Gasteiger partial charge in [-0.05, 0) is 0 Å². The first-order valence-electron chi connectivity index (χ1n) is 13.9. The van der Waals surface area contributed by atoms with Crippen molar-refractivity contribution < 1.29 is 57.7 Å². The Kier molecular flexibility index (Phi) is 9.52. The van der Waals surface area contributed by atoms with Crippen molar-refractivity contribution in [1.29, 1.82) is 0 Å². The first-order chi connectivity index (χ1) is 22.8. The van der Waals surface area contributed by atoms with E-state index >= 15 is 0 Å². The molecule has 6 heterocycles. The highest BCUT2D eigenvalue weighted by atomic mass is 31.2. The van der Waals surface area contributed by atoms with Crippen LogP contribution < -0.4 is 22.6 Å². The number of nitrogens with one attached hydrogen (secondary N) is 2. The van der Waals surface area contributed by atoms with Gasteiger partial charge < -0.3 is 60.0 Å². The van der Waals surface area contributed by atoms with E-state index in [0.29, 0.717) is 0 Å². The number of hydrogen-bond donors (Lipinski definition) is 9. The first kappa shape index (κ1) is 34.2. The van der Waals surface area contributed by atoms with Crippen molar-refractivity contribution in [3.05, 3.63) is 33.4 Å². The summed E-state index contributed by atoms with van der Waals surface area (Å²) in [6.07, 6.45) is -10.5. The molecule has 26 heteroatoms. The van der Waals surface area contributed by atoms with Crippen LogP contribution in [-0.2, 0) is 32.6 Å². The lowest BCUT2D eigenvalue weighted by atomic mass is 10.1. The molecule has 0 aromatic carbocycles. The maximum absolute atomic E-state index is 13.0. The van der Waals surface area contributed by atoms with Gasteiger partial charge in [0.15, 0.2) is 34.8 Å². The summed E-state index contributed by atoms with van der Waals surface area (Å²) in [5.74, 6) is -0.485. The Hall–Kier alpha value is -3.64. The number of aliphatic hydroxyl groups excluding tert-OH is 3. The van der Waals surface area contributed by atoms with Crippen LogP contribution in [0.2, 0.25) is 0 Å². The van der Waals surface area contributed by atoms with Crippen molar-refractivity contribution in [3.63, 3.8) is 0 Å². The van der Waals surface area contributed by atoms with Crippen LogP contribution in [-0.4, -0.2) is 127 Å². The summed E-state index contributed by atoms with van der Waals surface area (Å²) in [4.78, 5) is 64.7. The summed E-state index contributed by atoms with van der Waals surface area (Å²) in [6, 6.07) is 0. The minimum absolute atomic E-state index is 0.0364. The molecule has 0 bridgehead atoms. The van der Waals surface area contributed by atoms with E-state index in [1.165, 1.54) is 9.13 Å². The monoisotopic (exact) mass is 720 g/mol. The predicted molar refractivity (Wildman–Crippen MR) is 159 cm³/mol. The smallest absolute Gasteiger partial charge is 0.353 e. The molecule has 2 aliphatic rings. The molecule has 0 radical (unpaired) electrons. The van der Waals surface area contributed by atoms with E-state index in [1.54, 1.807) is 0 Å². The molecule has 2 aliphatic heterocycles. The third-order valence-corrected chi connectivity index (χ3v) is 8.96. The lowest BCUT2D eigenvalue weighted by molar-refractivity contribution is -0.0632. The molecule has 48 heavy (non-hydrogen) atoms. The van der Waals surface area contributed by atoms with Gasteiger partial charge in [0.05, 0.1) is 25.9 Å². The number of fused-ring (bicyclic) bond motifs is 2. The van der Waals surface area contributed by atoms with Crippen LogP contribution in [0.5, 0.6) is 0 Å². The first-order valence-corrected chi connectivity index (χ1v) is 17.2. The zero-order valence-electron chi connectivity index (χ0n) is 24.3. The molecule has 2 saturated heterocycles. The Morgan fingerprint density at radius 1 is 0.917 bits per heavy atom. The summed E-state index contributed by atoms with van der Waals surface area (Å²) in [6.45, 7) is -1.41. The van der Waals surface area contributed by atoms with E-state index in [-0.39, 0.29) is 34.2 Å². The quantitative estimate of drug-likeness (QED) is 0.0635. The van der Waals surface area contributed by atoms with Crippen LogP contribution in [0.4, 0.5) is 11.9 Å². The second kappa shape index (κ2) is 13.3. The molecule has 5 unspecified atom stereocenters. The number of anilines is 2. The number of imidazole rings is 2. The van der Waals surface area contributed by atoms with E-state index in [4.69, 9.17) is 34.9 Å². The van der Waals surface area contributed by atoms with Gasteiger partial charge in [-0.1, -0.05) is 0 Å². The van der Waals surface area contributed by atoms with E-state index in [9.17, 15) is 43.8 Å². The highest BCUT2D eigenvalue weighted by Gasteiger charge is 2.49. The normalized spacial score (nSPS) is 29.5. The molecule has 262 valence electrons. The minimum atomic E-state index is -4.68. The molecule has 0 amide bonds. The van der Waals surface area contributed by atoms with Gasteiger partial charge in [0.25, 0.3) is 11.1 Å². The molecule has 0 aliphatic carbocycles. The number of ether oxygens (including phenoxy) is 4. The van der Waals surface area contributed by atoms with Crippen LogP contribution in [0.1, 0.15) is 12.5 Å². The highest BCUT2D eigenvalue weighted by molar-refractivity contribution is 7.52. The third kappa shape index (κ3) is 6.53. The fraction of sp³-hybridized carbons (Fsp3) is 0.545. The largest absolute Gasteiger partial charge is 0.394 e. The number of rotatable bonds is 12. The van der Waals surface area contributed by atoms with Gasteiger partial charge >= 0.3 is 7.60 Å². The van der Waals surface area contributed by atoms with Gasteiger partial charge in [-0.3, -0.25) is 37.8 Å². The van der Waals surface area contributed by atoms with Gasteiger partial charge in [-0.25, -0.2) is 9.97 Å². The van der Waals surface area contributed by atoms with Crippen molar-refractivity contribution >= 4 is 49.8 Å². The number of aromatic amines is 2. The Labute approximate surface area is 266 Å². The highest BCUT2D eigenvalue weighted by Crippen LogP contribution is 2.45. The zero-order valence-corrected chi connectivity index (χ0v) is 26.2. The van der Waals surface area contributed by atoms with Crippen molar-refractivity contribution in [2.24, 2.45) is 0 Å². The van der Waals surface area contributed by atoms with Crippen molar-refractivity contribution in [2.75, 3.05) is 37.4 Å². The maximum atomic E-state index is 13.0. The molecule has 24 nitrogen and oxygen atoms in total. The van der Waals surface area contributed by atoms with Crippen LogP contribution in [0.3, 0.4) is 0 Å². The molecule has 0 saturated carbocycles. The Balaban J connectivity index is 1.14. The fourth-order valence-corrected chi connectivity index (χ4v) is 6.55. The Morgan fingerprint density at radius 2 is 1.48 bits per heavy atom. The zero-order chi connectivity index (χ0) is 34.5. The average Bonchev–Trinajstić information content (AvgIpc) is 3.77. The average molecular weight is 720 g/mol. The lowest BCUT2D eigenvalue weighted by Gasteiger charge is -2.22. The van der Waals surface area contributed by atoms with E-state index in [0.717, 1.165) is 12.7 Å². The molecule has 4 aromatic rings. The van der Waals surface area contributed by atoms with Crippen LogP contribution in [0, 0.1) is 0 Å². The Morgan fingerprint density at radius 3 is 2.04 bits per heavy atom. The fourth-order valence-electron chi connectivity index (χ4n) is 5.40. The number of nitrogens with zero attached hydrogens (tertiary/aromatic N) is 6. The van der Waals surface area contributed by atoms with E-state index in [1.807, 2.05) is 0 Å². The summed E-state index contributed by atoms with van der Waals surface area (Å²) >= 11 is 0. The van der Waals surface area contributed by atoms with Crippen molar-refractivity contribution in [3.8, 4) is 0 Å². The summed E-state index contributed by atoms with van der Waals surface area (Å²) in [7, 11) is -7.84. The van der Waals surface area contributed by atoms with Gasteiger partial charge in [-0.15, -0.1) is 0 Å². The molecule has 0 spiro atoms. The molecule has 2 fully saturated rings. The molecule has 10 atom stereocenters. The van der Waals surface area contributed by atoms with Crippen molar-refractivity contribution in [2.45, 2.75) is 49.1 Å².